The van der Waals surface area contributed by atoms with E-state index in [2.05, 4.69) is 14.9 Å². The molecular weight excluding hydrogens is 198 g/mol. The van der Waals surface area contributed by atoms with Gasteiger partial charge in [-0.15, -0.1) is 0 Å². The van der Waals surface area contributed by atoms with Crippen LogP contribution in [0.2, 0.25) is 5.02 Å². The van der Waals surface area contributed by atoms with Crippen molar-refractivity contribution in [2.24, 2.45) is 0 Å². The molecule has 1 aliphatic heterocycles. The first-order valence-corrected chi connectivity index (χ1v) is 5.04. The second-order valence-electron chi connectivity index (χ2n) is 3.55. The van der Waals surface area contributed by atoms with Crippen LogP contribution in [0.1, 0.15) is 5.56 Å². The highest BCUT2D eigenvalue weighted by Gasteiger charge is 2.16. The lowest BCUT2D eigenvalue weighted by Crippen LogP contribution is -1.95. The van der Waals surface area contributed by atoms with Gasteiger partial charge in [0.2, 0.25) is 5.95 Å². The van der Waals surface area contributed by atoms with Crippen LogP contribution < -0.4 is 5.32 Å². The summed E-state index contributed by atoms with van der Waals surface area (Å²) in [7, 11) is 0. The van der Waals surface area contributed by atoms with E-state index in [1.54, 1.807) is 0 Å². The third-order valence-corrected chi connectivity index (χ3v) is 3.14. The van der Waals surface area contributed by atoms with Gasteiger partial charge in [-0.05, 0) is 24.6 Å². The second-order valence-corrected chi connectivity index (χ2v) is 3.96. The maximum absolute atomic E-state index is 6.04. The van der Waals surface area contributed by atoms with Gasteiger partial charge in [0.25, 0.3) is 0 Å². The molecule has 1 aromatic heterocycles. The Balaban J connectivity index is 2.43. The van der Waals surface area contributed by atoms with E-state index in [0.717, 1.165) is 35.1 Å². The van der Waals surface area contributed by atoms with Crippen LogP contribution in [-0.4, -0.2) is 16.1 Å². The molecule has 1 aliphatic rings. The molecule has 3 nitrogen and oxygen atoms in total. The van der Waals surface area contributed by atoms with Gasteiger partial charge in [-0.3, -0.25) is 0 Å². The van der Waals surface area contributed by atoms with Crippen LogP contribution in [0.25, 0.3) is 11.0 Å². The standard InChI is InChI=1S/C10H10ClN3/c1-6-7(11)2-3-8-9(6)13-10-12-4-5-14(8)10/h2-3H,4-5H2,1H3,(H,12,13). The summed E-state index contributed by atoms with van der Waals surface area (Å²) in [4.78, 5) is 4.52. The number of fused-ring (bicyclic) bond motifs is 3. The highest BCUT2D eigenvalue weighted by molar-refractivity contribution is 6.32. The molecule has 0 spiro atoms. The fraction of sp³-hybridized carbons (Fsp3) is 0.300. The number of halogens is 1. The van der Waals surface area contributed by atoms with Crippen LogP contribution >= 0.6 is 11.6 Å². The summed E-state index contributed by atoms with van der Waals surface area (Å²) in [6, 6.07) is 3.97. The largest absolute Gasteiger partial charge is 0.354 e. The number of benzene rings is 1. The van der Waals surface area contributed by atoms with E-state index in [0.29, 0.717) is 0 Å². The van der Waals surface area contributed by atoms with Crippen LogP contribution in [0.5, 0.6) is 0 Å². The maximum Gasteiger partial charge on any atom is 0.204 e. The zero-order chi connectivity index (χ0) is 9.71. The zero-order valence-corrected chi connectivity index (χ0v) is 8.60. The third kappa shape index (κ3) is 0.904. The normalized spacial score (nSPS) is 14.4. The summed E-state index contributed by atoms with van der Waals surface area (Å²) in [5.74, 6) is 0.963. The summed E-state index contributed by atoms with van der Waals surface area (Å²) in [5, 5.41) is 4.03. The molecule has 2 aromatic rings. The summed E-state index contributed by atoms with van der Waals surface area (Å²) in [6.45, 7) is 3.97. The van der Waals surface area contributed by atoms with Gasteiger partial charge in [-0.2, -0.15) is 0 Å². The lowest BCUT2D eigenvalue weighted by atomic mass is 10.2. The first-order valence-electron chi connectivity index (χ1n) is 4.66. The molecule has 3 rings (SSSR count). The fourth-order valence-corrected chi connectivity index (χ4v) is 2.09. The summed E-state index contributed by atoms with van der Waals surface area (Å²) in [6.07, 6.45) is 0. The van der Waals surface area contributed by atoms with Crippen LogP contribution in [0, 0.1) is 6.92 Å². The number of nitrogens with one attached hydrogen (secondary N) is 1. The van der Waals surface area contributed by atoms with Crippen molar-refractivity contribution in [2.45, 2.75) is 13.5 Å². The Hall–Kier alpha value is -1.22. The minimum atomic E-state index is 0.786. The Bertz CT molecular complexity index is 516. The van der Waals surface area contributed by atoms with Crippen molar-refractivity contribution < 1.29 is 0 Å². The van der Waals surface area contributed by atoms with Crippen LogP contribution in [0.4, 0.5) is 5.95 Å². The van der Waals surface area contributed by atoms with Gasteiger partial charge in [0.05, 0.1) is 11.0 Å². The predicted molar refractivity (Wildman–Crippen MR) is 58.0 cm³/mol. The SMILES string of the molecule is Cc1c(Cl)ccc2c1nc1n2CCN1. The van der Waals surface area contributed by atoms with Crippen molar-refractivity contribution in [3.8, 4) is 0 Å². The van der Waals surface area contributed by atoms with Crippen LogP contribution in [0.3, 0.4) is 0 Å². The van der Waals surface area contributed by atoms with E-state index in [-0.39, 0.29) is 0 Å². The van der Waals surface area contributed by atoms with Gasteiger partial charge in [0.15, 0.2) is 0 Å². The van der Waals surface area contributed by atoms with E-state index in [4.69, 9.17) is 11.6 Å². The highest BCUT2D eigenvalue weighted by atomic mass is 35.5. The van der Waals surface area contributed by atoms with Crippen molar-refractivity contribution in [3.63, 3.8) is 0 Å². The monoisotopic (exact) mass is 207 g/mol. The van der Waals surface area contributed by atoms with E-state index in [1.165, 1.54) is 5.52 Å². The zero-order valence-electron chi connectivity index (χ0n) is 7.84. The van der Waals surface area contributed by atoms with E-state index < -0.39 is 0 Å². The first-order chi connectivity index (χ1) is 6.77. The average molecular weight is 208 g/mol. The van der Waals surface area contributed by atoms with Crippen LogP contribution in [-0.2, 0) is 6.54 Å². The van der Waals surface area contributed by atoms with Crippen molar-refractivity contribution >= 4 is 28.6 Å². The number of hydrogen-bond donors (Lipinski definition) is 1. The first kappa shape index (κ1) is 8.12. The molecule has 72 valence electrons. The molecule has 0 saturated heterocycles. The number of anilines is 1. The fourth-order valence-electron chi connectivity index (χ4n) is 1.94. The molecule has 0 radical (unpaired) electrons. The highest BCUT2D eigenvalue weighted by Crippen LogP contribution is 2.29. The molecule has 0 unspecified atom stereocenters. The molecule has 2 heterocycles. The lowest BCUT2D eigenvalue weighted by molar-refractivity contribution is 0.837. The topological polar surface area (TPSA) is 29.9 Å². The Kier molecular flexibility index (Phi) is 1.53. The summed E-state index contributed by atoms with van der Waals surface area (Å²) >= 11 is 6.04. The van der Waals surface area contributed by atoms with Gasteiger partial charge in [-0.1, -0.05) is 11.6 Å². The van der Waals surface area contributed by atoms with E-state index >= 15 is 0 Å². The minimum Gasteiger partial charge on any atom is -0.354 e. The van der Waals surface area contributed by atoms with Gasteiger partial charge in [0, 0.05) is 18.1 Å². The average Bonchev–Trinajstić information content (AvgIpc) is 2.71. The Morgan fingerprint density at radius 2 is 2.36 bits per heavy atom. The van der Waals surface area contributed by atoms with Crippen molar-refractivity contribution in [1.82, 2.24) is 9.55 Å². The molecule has 0 amide bonds. The number of aryl methyl sites for hydroxylation is 1. The predicted octanol–water partition coefficient (Wildman–Crippen LogP) is 2.42. The summed E-state index contributed by atoms with van der Waals surface area (Å²) in [5.41, 5.74) is 3.25. The number of aromatic nitrogens is 2. The molecule has 0 aliphatic carbocycles. The number of hydrogen-bond acceptors (Lipinski definition) is 2. The second kappa shape index (κ2) is 2.64. The van der Waals surface area contributed by atoms with Crippen molar-refractivity contribution in [2.75, 3.05) is 11.9 Å². The van der Waals surface area contributed by atoms with E-state index in [9.17, 15) is 0 Å². The van der Waals surface area contributed by atoms with Gasteiger partial charge in [0.1, 0.15) is 0 Å². The Morgan fingerprint density at radius 1 is 1.50 bits per heavy atom. The summed E-state index contributed by atoms with van der Waals surface area (Å²) < 4.78 is 2.19. The lowest BCUT2D eigenvalue weighted by Gasteiger charge is -2.00. The number of imidazole rings is 1. The Morgan fingerprint density at radius 3 is 3.21 bits per heavy atom. The van der Waals surface area contributed by atoms with Crippen LogP contribution in [0.15, 0.2) is 12.1 Å². The maximum atomic E-state index is 6.04. The smallest absolute Gasteiger partial charge is 0.204 e. The molecule has 1 N–H and O–H groups in total. The number of nitrogens with zero attached hydrogens (tertiary/aromatic N) is 2. The van der Waals surface area contributed by atoms with Crippen molar-refractivity contribution in [3.05, 3.63) is 22.7 Å². The van der Waals surface area contributed by atoms with Gasteiger partial charge in [-0.25, -0.2) is 4.98 Å². The minimum absolute atomic E-state index is 0.786. The third-order valence-electron chi connectivity index (χ3n) is 2.73. The molecule has 0 bridgehead atoms. The van der Waals surface area contributed by atoms with Crippen molar-refractivity contribution in [1.29, 1.82) is 0 Å². The molecule has 0 saturated carbocycles. The molecule has 4 heteroatoms. The molecular formula is C10H10ClN3. The molecule has 0 atom stereocenters. The molecule has 1 aromatic carbocycles. The van der Waals surface area contributed by atoms with E-state index in [1.807, 2.05) is 19.1 Å². The van der Waals surface area contributed by atoms with Gasteiger partial charge >= 0.3 is 0 Å². The molecule has 0 fully saturated rings. The Labute approximate surface area is 86.7 Å². The quantitative estimate of drug-likeness (QED) is 0.719. The molecule has 14 heavy (non-hydrogen) atoms. The van der Waals surface area contributed by atoms with Gasteiger partial charge < -0.3 is 9.88 Å². The number of rotatable bonds is 0.